The predicted molar refractivity (Wildman–Crippen MR) is 137 cm³/mol. The SMILES string of the molecule is CCCC(CNC(=NC)NCCN1C(=O)C2C3C=CC(C3)C2C1=O)NC(=O)OC(C)(C)C.I. The van der Waals surface area contributed by atoms with Gasteiger partial charge in [-0.05, 0) is 45.4 Å². The standard InChI is InChI=1S/C23H37N5O4.HI/c1-6-7-16(27-22(31)32-23(2,3)4)13-26-21(24-5)25-10-11-28-19(29)17-14-8-9-15(12-14)18(17)20(28)30;/h8-9,14-18H,6-7,10-13H2,1-5H3,(H,27,31)(H2,24,25,26);1H. The molecule has 3 rings (SSSR count). The quantitative estimate of drug-likeness (QED) is 0.135. The lowest BCUT2D eigenvalue weighted by atomic mass is 9.85. The van der Waals surface area contributed by atoms with Crippen molar-refractivity contribution in [1.82, 2.24) is 20.9 Å². The second-order valence-electron chi connectivity index (χ2n) is 9.84. The van der Waals surface area contributed by atoms with Gasteiger partial charge in [-0.3, -0.25) is 19.5 Å². The van der Waals surface area contributed by atoms with Crippen molar-refractivity contribution in [1.29, 1.82) is 0 Å². The van der Waals surface area contributed by atoms with Crippen molar-refractivity contribution in [2.24, 2.45) is 28.7 Å². The van der Waals surface area contributed by atoms with Gasteiger partial charge in [0.15, 0.2) is 5.96 Å². The molecule has 0 aromatic carbocycles. The number of carbonyl (C=O) groups is 3. The Morgan fingerprint density at radius 1 is 1.18 bits per heavy atom. The molecule has 5 atom stereocenters. The summed E-state index contributed by atoms with van der Waals surface area (Å²) < 4.78 is 5.34. The lowest BCUT2D eigenvalue weighted by Crippen LogP contribution is -2.49. The normalized spacial score (nSPS) is 26.7. The zero-order chi connectivity index (χ0) is 23.5. The molecule has 0 spiro atoms. The summed E-state index contributed by atoms with van der Waals surface area (Å²) in [6.45, 7) is 8.75. The van der Waals surface area contributed by atoms with E-state index < -0.39 is 11.7 Å². The zero-order valence-corrected chi connectivity index (χ0v) is 22.6. The summed E-state index contributed by atoms with van der Waals surface area (Å²) in [5.74, 6) is 0.603. The monoisotopic (exact) mass is 575 g/mol. The molecule has 2 fully saturated rings. The summed E-state index contributed by atoms with van der Waals surface area (Å²) in [5, 5.41) is 9.26. The predicted octanol–water partition coefficient (Wildman–Crippen LogP) is 2.27. The fourth-order valence-electron chi connectivity index (χ4n) is 4.96. The lowest BCUT2D eigenvalue weighted by Gasteiger charge is -2.24. The van der Waals surface area contributed by atoms with Crippen LogP contribution in [0.4, 0.5) is 4.79 Å². The molecule has 0 aromatic heterocycles. The second-order valence-corrected chi connectivity index (χ2v) is 9.84. The van der Waals surface area contributed by atoms with E-state index in [9.17, 15) is 14.4 Å². The van der Waals surface area contributed by atoms with Gasteiger partial charge in [-0.1, -0.05) is 25.5 Å². The molecule has 3 aliphatic rings. The van der Waals surface area contributed by atoms with E-state index in [1.807, 2.05) is 20.8 Å². The third kappa shape index (κ3) is 6.60. The van der Waals surface area contributed by atoms with Gasteiger partial charge < -0.3 is 20.7 Å². The number of alkyl carbamates (subject to hydrolysis) is 1. The highest BCUT2D eigenvalue weighted by molar-refractivity contribution is 14.0. The number of imide groups is 1. The van der Waals surface area contributed by atoms with Gasteiger partial charge in [0.1, 0.15) is 5.60 Å². The molecular formula is C23H38IN5O4. The van der Waals surface area contributed by atoms with Crippen LogP contribution in [0.25, 0.3) is 0 Å². The van der Waals surface area contributed by atoms with Crippen LogP contribution in [0.1, 0.15) is 47.0 Å². The summed E-state index contributed by atoms with van der Waals surface area (Å²) in [5.41, 5.74) is -0.551. The van der Waals surface area contributed by atoms with Crippen LogP contribution < -0.4 is 16.0 Å². The van der Waals surface area contributed by atoms with Gasteiger partial charge in [-0.2, -0.15) is 0 Å². The largest absolute Gasteiger partial charge is 0.444 e. The minimum Gasteiger partial charge on any atom is -0.444 e. The van der Waals surface area contributed by atoms with Crippen molar-refractivity contribution in [3.05, 3.63) is 12.2 Å². The molecule has 9 nitrogen and oxygen atoms in total. The van der Waals surface area contributed by atoms with Gasteiger partial charge in [0.25, 0.3) is 0 Å². The number of rotatable bonds is 8. The summed E-state index contributed by atoms with van der Waals surface area (Å²) in [7, 11) is 1.66. The van der Waals surface area contributed by atoms with Crippen molar-refractivity contribution in [3.8, 4) is 0 Å². The van der Waals surface area contributed by atoms with Crippen LogP contribution in [0.2, 0.25) is 0 Å². The Bertz CT molecular complexity index is 764. The number of fused-ring (bicyclic) bond motifs is 5. The minimum absolute atomic E-state index is 0. The fraction of sp³-hybridized carbons (Fsp3) is 0.739. The Labute approximate surface area is 213 Å². The summed E-state index contributed by atoms with van der Waals surface area (Å²) in [4.78, 5) is 43.2. The average Bonchev–Trinajstić information content (AvgIpc) is 3.38. The number of hydrogen-bond acceptors (Lipinski definition) is 5. The summed E-state index contributed by atoms with van der Waals surface area (Å²) in [6.07, 6.45) is 6.39. The Hall–Kier alpha value is -1.85. The maximum Gasteiger partial charge on any atom is 0.407 e. The number of hydrogen-bond donors (Lipinski definition) is 3. The van der Waals surface area contributed by atoms with Gasteiger partial charge in [0.2, 0.25) is 11.8 Å². The number of allylic oxidation sites excluding steroid dienone is 2. The number of carbonyl (C=O) groups excluding carboxylic acids is 3. The molecule has 186 valence electrons. The van der Waals surface area contributed by atoms with Gasteiger partial charge in [-0.25, -0.2) is 4.79 Å². The van der Waals surface area contributed by atoms with Crippen LogP contribution in [-0.2, 0) is 14.3 Å². The molecule has 2 bridgehead atoms. The van der Waals surface area contributed by atoms with Gasteiger partial charge in [-0.15, -0.1) is 24.0 Å². The third-order valence-electron chi connectivity index (χ3n) is 6.29. The van der Waals surface area contributed by atoms with Crippen molar-refractivity contribution in [2.75, 3.05) is 26.7 Å². The molecule has 3 amide bonds. The van der Waals surface area contributed by atoms with Crippen LogP contribution in [0.5, 0.6) is 0 Å². The summed E-state index contributed by atoms with van der Waals surface area (Å²) >= 11 is 0. The lowest BCUT2D eigenvalue weighted by molar-refractivity contribution is -0.140. The van der Waals surface area contributed by atoms with E-state index in [2.05, 4.69) is 40.0 Å². The molecule has 1 saturated carbocycles. The Morgan fingerprint density at radius 3 is 2.30 bits per heavy atom. The van der Waals surface area contributed by atoms with Crippen LogP contribution in [0.3, 0.4) is 0 Å². The van der Waals surface area contributed by atoms with Crippen molar-refractivity contribution in [3.63, 3.8) is 0 Å². The molecule has 1 aliphatic heterocycles. The highest BCUT2D eigenvalue weighted by atomic mass is 127. The molecule has 2 aliphatic carbocycles. The molecular weight excluding hydrogens is 537 g/mol. The van der Waals surface area contributed by atoms with E-state index in [0.29, 0.717) is 25.6 Å². The maximum absolute atomic E-state index is 12.8. The smallest absolute Gasteiger partial charge is 0.407 e. The van der Waals surface area contributed by atoms with Crippen molar-refractivity contribution < 1.29 is 19.1 Å². The molecule has 1 saturated heterocycles. The molecule has 33 heavy (non-hydrogen) atoms. The molecule has 1 heterocycles. The zero-order valence-electron chi connectivity index (χ0n) is 20.2. The van der Waals surface area contributed by atoms with E-state index in [0.717, 1.165) is 19.3 Å². The number of nitrogens with one attached hydrogen (secondary N) is 3. The molecule has 10 heteroatoms. The van der Waals surface area contributed by atoms with Crippen molar-refractivity contribution in [2.45, 2.75) is 58.6 Å². The number of guanidine groups is 1. The van der Waals surface area contributed by atoms with Crippen molar-refractivity contribution >= 4 is 47.8 Å². The number of halogens is 1. The van der Waals surface area contributed by atoms with Crippen LogP contribution in [0, 0.1) is 23.7 Å². The first kappa shape index (κ1) is 27.4. The van der Waals surface area contributed by atoms with Crippen LogP contribution in [0.15, 0.2) is 17.1 Å². The minimum atomic E-state index is -0.551. The van der Waals surface area contributed by atoms with Gasteiger partial charge in [0, 0.05) is 32.7 Å². The van der Waals surface area contributed by atoms with Crippen LogP contribution >= 0.6 is 24.0 Å². The van der Waals surface area contributed by atoms with E-state index >= 15 is 0 Å². The Morgan fingerprint density at radius 2 is 1.79 bits per heavy atom. The number of ether oxygens (including phenoxy) is 1. The molecule has 5 unspecified atom stereocenters. The Balaban J connectivity index is 0.00000385. The first-order valence-corrected chi connectivity index (χ1v) is 11.6. The Kier molecular flexibility index (Phi) is 9.57. The van der Waals surface area contributed by atoms with E-state index in [1.54, 1.807) is 7.05 Å². The van der Waals surface area contributed by atoms with Crippen LogP contribution in [-0.4, -0.2) is 67.1 Å². The molecule has 3 N–H and O–H groups in total. The van der Waals surface area contributed by atoms with E-state index in [-0.39, 0.29) is 65.5 Å². The highest BCUT2D eigenvalue weighted by Crippen LogP contribution is 2.52. The number of likely N-dealkylation sites (tertiary alicyclic amines) is 1. The average molecular weight is 575 g/mol. The van der Waals surface area contributed by atoms with Gasteiger partial charge in [0.05, 0.1) is 11.8 Å². The highest BCUT2D eigenvalue weighted by Gasteiger charge is 2.58. The second kappa shape index (κ2) is 11.5. The summed E-state index contributed by atoms with van der Waals surface area (Å²) in [6, 6.07) is -0.113. The maximum atomic E-state index is 12.8. The number of aliphatic imine (C=N–C) groups is 1. The first-order valence-electron chi connectivity index (χ1n) is 11.6. The third-order valence-corrected chi connectivity index (χ3v) is 6.29. The number of nitrogens with zero attached hydrogens (tertiary/aromatic N) is 2. The fourth-order valence-corrected chi connectivity index (χ4v) is 4.96. The topological polar surface area (TPSA) is 112 Å². The molecule has 0 aromatic rings. The first-order chi connectivity index (χ1) is 15.1. The van der Waals surface area contributed by atoms with Gasteiger partial charge >= 0.3 is 6.09 Å². The van der Waals surface area contributed by atoms with E-state index in [4.69, 9.17) is 4.74 Å². The molecule has 0 radical (unpaired) electrons. The number of amides is 3. The van der Waals surface area contributed by atoms with E-state index in [1.165, 1.54) is 4.90 Å².